The Labute approximate surface area is 94.2 Å². The lowest BCUT2D eigenvalue weighted by atomic mass is 10.0. The Morgan fingerprint density at radius 3 is 2.80 bits per heavy atom. The van der Waals surface area contributed by atoms with Crippen molar-refractivity contribution in [3.05, 3.63) is 46.8 Å². The molecule has 1 unspecified atom stereocenters. The topological polar surface area (TPSA) is 20.2 Å². The lowest BCUT2D eigenvalue weighted by Gasteiger charge is -2.12. The molecule has 0 aliphatic heterocycles. The SMILES string of the molecule is C=C(CC)CC(O)c1ccc(Cl)cc1F. The van der Waals surface area contributed by atoms with Gasteiger partial charge in [0.25, 0.3) is 0 Å². The molecule has 0 bridgehead atoms. The standard InChI is InChI=1S/C12H14ClFO/c1-3-8(2)6-12(15)10-5-4-9(13)7-11(10)14/h4-5,7,12,15H,2-3,6H2,1H3. The summed E-state index contributed by atoms with van der Waals surface area (Å²) in [7, 11) is 0. The molecule has 0 radical (unpaired) electrons. The lowest BCUT2D eigenvalue weighted by molar-refractivity contribution is 0.173. The Bertz CT molecular complexity index is 363. The molecule has 0 saturated carbocycles. The van der Waals surface area contributed by atoms with Crippen molar-refractivity contribution in [3.8, 4) is 0 Å². The van der Waals surface area contributed by atoms with Gasteiger partial charge in [0.15, 0.2) is 0 Å². The van der Waals surface area contributed by atoms with Crippen molar-refractivity contribution >= 4 is 11.6 Å². The number of halogens is 2. The van der Waals surface area contributed by atoms with E-state index in [1.165, 1.54) is 12.1 Å². The summed E-state index contributed by atoms with van der Waals surface area (Å²) in [6, 6.07) is 4.28. The fraction of sp³-hybridized carbons (Fsp3) is 0.333. The zero-order valence-corrected chi connectivity index (χ0v) is 9.39. The molecule has 1 aromatic rings. The quantitative estimate of drug-likeness (QED) is 0.776. The van der Waals surface area contributed by atoms with Crippen LogP contribution in [0.1, 0.15) is 31.4 Å². The molecule has 0 aliphatic rings. The van der Waals surface area contributed by atoms with Crippen LogP contribution in [0.15, 0.2) is 30.4 Å². The molecule has 0 aliphatic carbocycles. The normalized spacial score (nSPS) is 12.5. The molecule has 1 N–H and O–H groups in total. The van der Waals surface area contributed by atoms with Crippen molar-refractivity contribution < 1.29 is 9.50 Å². The molecule has 15 heavy (non-hydrogen) atoms. The number of aliphatic hydroxyl groups excluding tert-OH is 1. The maximum Gasteiger partial charge on any atom is 0.130 e. The minimum atomic E-state index is -0.838. The molecule has 1 rings (SSSR count). The largest absolute Gasteiger partial charge is 0.388 e. The van der Waals surface area contributed by atoms with E-state index in [-0.39, 0.29) is 5.56 Å². The molecular formula is C12H14ClFO. The van der Waals surface area contributed by atoms with E-state index in [9.17, 15) is 9.50 Å². The molecule has 0 aromatic heterocycles. The Morgan fingerprint density at radius 1 is 1.60 bits per heavy atom. The highest BCUT2D eigenvalue weighted by atomic mass is 35.5. The third kappa shape index (κ3) is 3.33. The van der Waals surface area contributed by atoms with E-state index in [0.717, 1.165) is 12.0 Å². The van der Waals surface area contributed by atoms with Gasteiger partial charge in [-0.1, -0.05) is 36.7 Å². The molecule has 0 spiro atoms. The van der Waals surface area contributed by atoms with Gasteiger partial charge in [-0.15, -0.1) is 0 Å². The van der Waals surface area contributed by atoms with Crippen molar-refractivity contribution in [2.45, 2.75) is 25.9 Å². The number of rotatable bonds is 4. The van der Waals surface area contributed by atoms with Gasteiger partial charge in [0.05, 0.1) is 6.10 Å². The van der Waals surface area contributed by atoms with Crippen molar-refractivity contribution in [2.75, 3.05) is 0 Å². The first kappa shape index (κ1) is 12.2. The zero-order valence-electron chi connectivity index (χ0n) is 8.63. The number of aliphatic hydroxyl groups is 1. The van der Waals surface area contributed by atoms with E-state index < -0.39 is 11.9 Å². The molecule has 3 heteroatoms. The second-order valence-corrected chi connectivity index (χ2v) is 3.93. The van der Waals surface area contributed by atoms with Gasteiger partial charge in [0, 0.05) is 10.6 Å². The van der Waals surface area contributed by atoms with Crippen LogP contribution in [0.2, 0.25) is 5.02 Å². The summed E-state index contributed by atoms with van der Waals surface area (Å²) in [5, 5.41) is 10.1. The van der Waals surface area contributed by atoms with E-state index in [2.05, 4.69) is 6.58 Å². The second-order valence-electron chi connectivity index (χ2n) is 3.49. The van der Waals surface area contributed by atoms with E-state index in [4.69, 9.17) is 11.6 Å². The molecular weight excluding hydrogens is 215 g/mol. The molecule has 82 valence electrons. The monoisotopic (exact) mass is 228 g/mol. The first-order valence-corrected chi connectivity index (χ1v) is 5.22. The molecule has 1 aromatic carbocycles. The number of hydrogen-bond donors (Lipinski definition) is 1. The summed E-state index contributed by atoms with van der Waals surface area (Å²) < 4.78 is 13.4. The number of benzene rings is 1. The second kappa shape index (κ2) is 5.29. The lowest BCUT2D eigenvalue weighted by Crippen LogP contribution is -2.01. The summed E-state index contributed by atoms with van der Waals surface area (Å²) in [6.45, 7) is 5.73. The summed E-state index contributed by atoms with van der Waals surface area (Å²) in [6.07, 6.45) is 0.330. The van der Waals surface area contributed by atoms with Gasteiger partial charge < -0.3 is 5.11 Å². The first-order valence-electron chi connectivity index (χ1n) is 4.84. The highest BCUT2D eigenvalue weighted by Gasteiger charge is 2.13. The summed E-state index contributed by atoms with van der Waals surface area (Å²) in [5.74, 6) is -0.473. The van der Waals surface area contributed by atoms with Crippen LogP contribution >= 0.6 is 11.6 Å². The van der Waals surface area contributed by atoms with Crippen LogP contribution in [0, 0.1) is 5.82 Å². The Kier molecular flexibility index (Phi) is 4.30. The van der Waals surface area contributed by atoms with E-state index in [1.54, 1.807) is 6.07 Å². The maximum atomic E-state index is 13.4. The highest BCUT2D eigenvalue weighted by molar-refractivity contribution is 6.30. The summed E-state index contributed by atoms with van der Waals surface area (Å²) in [5.41, 5.74) is 1.17. The minimum absolute atomic E-state index is 0.272. The number of hydrogen-bond acceptors (Lipinski definition) is 1. The first-order chi connectivity index (χ1) is 7.04. The fourth-order valence-electron chi connectivity index (χ4n) is 1.30. The average molecular weight is 229 g/mol. The van der Waals surface area contributed by atoms with Crippen LogP contribution in [0.25, 0.3) is 0 Å². The average Bonchev–Trinajstić information content (AvgIpc) is 2.17. The van der Waals surface area contributed by atoms with Gasteiger partial charge >= 0.3 is 0 Å². The van der Waals surface area contributed by atoms with Gasteiger partial charge in [-0.05, 0) is 25.0 Å². The Balaban J connectivity index is 2.82. The van der Waals surface area contributed by atoms with Crippen LogP contribution in [-0.4, -0.2) is 5.11 Å². The Morgan fingerprint density at radius 2 is 2.27 bits per heavy atom. The molecule has 0 fully saturated rings. The maximum absolute atomic E-state index is 13.4. The highest BCUT2D eigenvalue weighted by Crippen LogP contribution is 2.25. The predicted molar refractivity (Wildman–Crippen MR) is 60.4 cm³/mol. The zero-order chi connectivity index (χ0) is 11.4. The van der Waals surface area contributed by atoms with Crippen molar-refractivity contribution in [1.82, 2.24) is 0 Å². The summed E-state index contributed by atoms with van der Waals surface area (Å²) in [4.78, 5) is 0. The minimum Gasteiger partial charge on any atom is -0.388 e. The van der Waals surface area contributed by atoms with E-state index in [0.29, 0.717) is 11.4 Å². The molecule has 0 amide bonds. The predicted octanol–water partition coefficient (Wildman–Crippen LogP) is 3.87. The van der Waals surface area contributed by atoms with Gasteiger partial charge in [0.2, 0.25) is 0 Å². The Hall–Kier alpha value is -0.860. The van der Waals surface area contributed by atoms with E-state index >= 15 is 0 Å². The van der Waals surface area contributed by atoms with Crippen molar-refractivity contribution in [2.24, 2.45) is 0 Å². The summed E-state index contributed by atoms with van der Waals surface area (Å²) >= 11 is 5.62. The van der Waals surface area contributed by atoms with Crippen LogP contribution in [0.5, 0.6) is 0 Å². The van der Waals surface area contributed by atoms with Crippen LogP contribution in [0.3, 0.4) is 0 Å². The van der Waals surface area contributed by atoms with E-state index in [1.807, 2.05) is 6.92 Å². The van der Waals surface area contributed by atoms with Crippen LogP contribution < -0.4 is 0 Å². The fourth-order valence-corrected chi connectivity index (χ4v) is 1.46. The van der Waals surface area contributed by atoms with Crippen LogP contribution in [-0.2, 0) is 0 Å². The van der Waals surface area contributed by atoms with Gasteiger partial charge in [-0.3, -0.25) is 0 Å². The van der Waals surface area contributed by atoms with Gasteiger partial charge in [-0.2, -0.15) is 0 Å². The van der Waals surface area contributed by atoms with Gasteiger partial charge in [-0.25, -0.2) is 4.39 Å². The molecule has 0 heterocycles. The smallest absolute Gasteiger partial charge is 0.130 e. The molecule has 1 atom stereocenters. The van der Waals surface area contributed by atoms with Gasteiger partial charge in [0.1, 0.15) is 5.82 Å². The van der Waals surface area contributed by atoms with Crippen molar-refractivity contribution in [1.29, 1.82) is 0 Å². The molecule has 1 nitrogen and oxygen atoms in total. The van der Waals surface area contributed by atoms with Crippen molar-refractivity contribution in [3.63, 3.8) is 0 Å². The molecule has 0 saturated heterocycles. The third-order valence-electron chi connectivity index (χ3n) is 2.30. The third-order valence-corrected chi connectivity index (χ3v) is 2.54. The van der Waals surface area contributed by atoms with Crippen LogP contribution in [0.4, 0.5) is 4.39 Å².